The molecule has 2 amide bonds. The van der Waals surface area contributed by atoms with Crippen LogP contribution in [0.1, 0.15) is 37.2 Å². The van der Waals surface area contributed by atoms with Crippen LogP contribution in [-0.2, 0) is 11.8 Å². The van der Waals surface area contributed by atoms with Crippen molar-refractivity contribution in [1.82, 2.24) is 25.0 Å². The molecule has 3 aromatic rings. The van der Waals surface area contributed by atoms with Crippen molar-refractivity contribution in [2.75, 3.05) is 19.7 Å². The minimum absolute atomic E-state index is 0.146. The first-order valence-electron chi connectivity index (χ1n) is 10.2. The summed E-state index contributed by atoms with van der Waals surface area (Å²) < 4.78 is 20.7. The Balaban J connectivity index is 1.51. The maximum atomic E-state index is 13.3. The topological polar surface area (TPSA) is 89.3 Å². The molecule has 1 fully saturated rings. The van der Waals surface area contributed by atoms with E-state index in [9.17, 15) is 14.0 Å². The van der Waals surface area contributed by atoms with Crippen molar-refractivity contribution in [3.8, 4) is 10.4 Å². The van der Waals surface area contributed by atoms with E-state index in [2.05, 4.69) is 15.4 Å². The Hall–Kier alpha value is -3.11. The SMILES string of the molecule is Cc1nc(C(=O)N2CCOC2CNC(=O)c2c(C)nn(C)c2C)c(-c2ccc(F)cc2)s1. The first kappa shape index (κ1) is 22.1. The Morgan fingerprint density at radius 3 is 2.62 bits per heavy atom. The van der Waals surface area contributed by atoms with Crippen LogP contribution in [0.15, 0.2) is 24.3 Å². The quantitative estimate of drug-likeness (QED) is 0.637. The number of nitrogens with one attached hydrogen (secondary N) is 1. The van der Waals surface area contributed by atoms with Crippen molar-refractivity contribution in [3.05, 3.63) is 57.7 Å². The summed E-state index contributed by atoms with van der Waals surface area (Å²) in [5.41, 5.74) is 2.97. The molecule has 4 rings (SSSR count). The van der Waals surface area contributed by atoms with Crippen molar-refractivity contribution in [2.24, 2.45) is 7.05 Å². The summed E-state index contributed by atoms with van der Waals surface area (Å²) in [7, 11) is 1.79. The van der Waals surface area contributed by atoms with Gasteiger partial charge in [0.2, 0.25) is 0 Å². The number of carbonyl (C=O) groups excluding carboxylic acids is 2. The van der Waals surface area contributed by atoms with E-state index >= 15 is 0 Å². The second kappa shape index (κ2) is 8.79. The molecule has 0 saturated carbocycles. The molecule has 1 unspecified atom stereocenters. The molecular formula is C22H24FN5O3S. The minimum atomic E-state index is -0.605. The van der Waals surface area contributed by atoms with Gasteiger partial charge in [0.25, 0.3) is 11.8 Å². The predicted molar refractivity (Wildman–Crippen MR) is 118 cm³/mol. The number of ether oxygens (including phenoxy) is 1. The second-order valence-electron chi connectivity index (χ2n) is 7.62. The lowest BCUT2D eigenvalue weighted by Gasteiger charge is -2.23. The second-order valence-corrected chi connectivity index (χ2v) is 8.82. The number of rotatable bonds is 5. The Labute approximate surface area is 189 Å². The van der Waals surface area contributed by atoms with E-state index < -0.39 is 6.23 Å². The van der Waals surface area contributed by atoms with Crippen molar-refractivity contribution >= 4 is 23.2 Å². The van der Waals surface area contributed by atoms with Gasteiger partial charge >= 0.3 is 0 Å². The molecule has 1 atom stereocenters. The fourth-order valence-corrected chi connectivity index (χ4v) is 4.71. The van der Waals surface area contributed by atoms with Gasteiger partial charge in [-0.25, -0.2) is 9.37 Å². The maximum Gasteiger partial charge on any atom is 0.276 e. The fraction of sp³-hybridized carbons (Fsp3) is 0.364. The van der Waals surface area contributed by atoms with Crippen LogP contribution < -0.4 is 5.32 Å². The number of hydrogen-bond acceptors (Lipinski definition) is 6. The molecule has 10 heteroatoms. The van der Waals surface area contributed by atoms with Crippen molar-refractivity contribution in [3.63, 3.8) is 0 Å². The number of halogens is 1. The number of carbonyl (C=O) groups is 2. The van der Waals surface area contributed by atoms with Crippen molar-refractivity contribution in [1.29, 1.82) is 0 Å². The average Bonchev–Trinajstić information content (AvgIpc) is 3.44. The molecule has 1 aliphatic rings. The Bertz CT molecular complexity index is 1170. The standard InChI is InChI=1S/C22H24FN5O3S/c1-12-18(13(2)27(4)26-12)21(29)24-11-17-28(9-10-31-17)22(30)19-20(32-14(3)25-19)15-5-7-16(23)8-6-15/h5-8,17H,9-11H2,1-4H3,(H,24,29). The predicted octanol–water partition coefficient (Wildman–Crippen LogP) is 2.84. The summed E-state index contributed by atoms with van der Waals surface area (Å²) in [6, 6.07) is 5.99. The van der Waals surface area contributed by atoms with Gasteiger partial charge in [0.1, 0.15) is 17.7 Å². The normalized spacial score (nSPS) is 15.9. The lowest BCUT2D eigenvalue weighted by atomic mass is 10.1. The highest BCUT2D eigenvalue weighted by molar-refractivity contribution is 7.15. The van der Waals surface area contributed by atoms with Crippen LogP contribution in [0.25, 0.3) is 10.4 Å². The molecule has 1 saturated heterocycles. The average molecular weight is 458 g/mol. The molecule has 3 heterocycles. The minimum Gasteiger partial charge on any atom is -0.355 e. The smallest absolute Gasteiger partial charge is 0.276 e. The summed E-state index contributed by atoms with van der Waals surface area (Å²) in [6.07, 6.45) is -0.605. The summed E-state index contributed by atoms with van der Waals surface area (Å²) in [4.78, 5) is 32.8. The van der Waals surface area contributed by atoms with Gasteiger partial charge in [0.05, 0.1) is 34.3 Å². The molecule has 0 spiro atoms. The number of nitrogens with zero attached hydrogens (tertiary/aromatic N) is 4. The third-order valence-electron chi connectivity index (χ3n) is 5.47. The van der Waals surface area contributed by atoms with Crippen molar-refractivity contribution in [2.45, 2.75) is 27.0 Å². The highest BCUT2D eigenvalue weighted by Crippen LogP contribution is 2.32. The van der Waals surface area contributed by atoms with Gasteiger partial charge in [-0.05, 0) is 38.5 Å². The first-order chi connectivity index (χ1) is 15.3. The van der Waals surface area contributed by atoms with Crippen molar-refractivity contribution < 1.29 is 18.7 Å². The van der Waals surface area contributed by atoms with Crippen LogP contribution in [0.3, 0.4) is 0 Å². The Morgan fingerprint density at radius 2 is 1.97 bits per heavy atom. The highest BCUT2D eigenvalue weighted by atomic mass is 32.1. The van der Waals surface area contributed by atoms with Crippen LogP contribution in [0.5, 0.6) is 0 Å². The van der Waals surface area contributed by atoms with E-state index in [0.717, 1.165) is 16.3 Å². The van der Waals surface area contributed by atoms with Gasteiger partial charge in [-0.15, -0.1) is 11.3 Å². The van der Waals surface area contributed by atoms with Gasteiger partial charge in [-0.3, -0.25) is 14.3 Å². The lowest BCUT2D eigenvalue weighted by Crippen LogP contribution is -2.44. The molecule has 2 aromatic heterocycles. The van der Waals surface area contributed by atoms with E-state index in [-0.39, 0.29) is 24.2 Å². The summed E-state index contributed by atoms with van der Waals surface area (Å²) >= 11 is 1.38. The summed E-state index contributed by atoms with van der Waals surface area (Å²) in [6.45, 7) is 6.35. The number of benzene rings is 1. The molecule has 8 nitrogen and oxygen atoms in total. The number of hydrogen-bond donors (Lipinski definition) is 1. The van der Waals surface area contributed by atoms with E-state index in [1.807, 2.05) is 13.8 Å². The number of amides is 2. The van der Waals surface area contributed by atoms with E-state index in [4.69, 9.17) is 4.74 Å². The largest absolute Gasteiger partial charge is 0.355 e. The van der Waals surface area contributed by atoms with Crippen LogP contribution in [0.2, 0.25) is 0 Å². The van der Waals surface area contributed by atoms with Gasteiger partial charge in [-0.2, -0.15) is 5.10 Å². The summed E-state index contributed by atoms with van der Waals surface area (Å²) in [5, 5.41) is 7.87. The number of aryl methyl sites for hydroxylation is 3. The molecule has 0 radical (unpaired) electrons. The highest BCUT2D eigenvalue weighted by Gasteiger charge is 2.34. The zero-order valence-electron chi connectivity index (χ0n) is 18.3. The fourth-order valence-electron chi connectivity index (χ4n) is 3.80. The molecule has 1 aliphatic heterocycles. The monoisotopic (exact) mass is 457 g/mol. The van der Waals surface area contributed by atoms with Crippen LogP contribution >= 0.6 is 11.3 Å². The van der Waals surface area contributed by atoms with Gasteiger partial charge in [0, 0.05) is 19.3 Å². The number of thiazole rings is 1. The van der Waals surface area contributed by atoms with Crippen LogP contribution in [0.4, 0.5) is 4.39 Å². The zero-order chi connectivity index (χ0) is 23.0. The lowest BCUT2D eigenvalue weighted by molar-refractivity contribution is 0.0276. The van der Waals surface area contributed by atoms with Crippen LogP contribution in [-0.4, -0.2) is 57.4 Å². The zero-order valence-corrected chi connectivity index (χ0v) is 19.1. The van der Waals surface area contributed by atoms with E-state index in [0.29, 0.717) is 35.0 Å². The molecule has 0 aliphatic carbocycles. The third-order valence-corrected chi connectivity index (χ3v) is 6.49. The van der Waals surface area contributed by atoms with Gasteiger partial charge in [0.15, 0.2) is 0 Å². The molecular weight excluding hydrogens is 433 g/mol. The maximum absolute atomic E-state index is 13.3. The molecule has 32 heavy (non-hydrogen) atoms. The van der Waals surface area contributed by atoms with Crippen LogP contribution in [0, 0.1) is 26.6 Å². The molecule has 1 aromatic carbocycles. The molecule has 0 bridgehead atoms. The van der Waals surface area contributed by atoms with E-state index in [1.54, 1.807) is 35.7 Å². The third kappa shape index (κ3) is 4.15. The summed E-state index contributed by atoms with van der Waals surface area (Å²) in [5.74, 6) is -0.877. The first-order valence-corrected chi connectivity index (χ1v) is 11.0. The number of aromatic nitrogens is 3. The van der Waals surface area contributed by atoms with Gasteiger partial charge in [-0.1, -0.05) is 12.1 Å². The van der Waals surface area contributed by atoms with Gasteiger partial charge < -0.3 is 15.0 Å². The Morgan fingerprint density at radius 1 is 1.25 bits per heavy atom. The molecule has 1 N–H and O–H groups in total. The Kier molecular flexibility index (Phi) is 6.07. The van der Waals surface area contributed by atoms with E-state index in [1.165, 1.54) is 23.5 Å². The molecule has 168 valence electrons.